The van der Waals surface area contributed by atoms with Gasteiger partial charge in [0.15, 0.2) is 0 Å². The molecule has 0 spiro atoms. The van der Waals surface area contributed by atoms with Gasteiger partial charge in [0.05, 0.1) is 37.0 Å². The molecule has 1 unspecified atom stereocenters. The van der Waals surface area contributed by atoms with E-state index in [1.165, 1.54) is 22.6 Å². The number of aromatic nitrogens is 2. The van der Waals surface area contributed by atoms with E-state index >= 15 is 0 Å². The van der Waals surface area contributed by atoms with E-state index in [4.69, 9.17) is 0 Å². The quantitative estimate of drug-likeness (QED) is 0.451. The normalized spacial score (nSPS) is 26.1. The zero-order valence-corrected chi connectivity index (χ0v) is 23.0. The Morgan fingerprint density at radius 2 is 1.90 bits per heavy atom. The molecule has 2 aromatic carbocycles. The SMILES string of the molecule is C[C@@H](O)[C@H]1C(=O)C2C(C(=O)O)=C(CN3c4cccc5c(Cn6cc[n+](C)c6)ccc(c45)N(C)S3(=O)=O)[C@H](C)[C@@H]21. The smallest absolute Gasteiger partial charge is 0.332 e. The zero-order chi connectivity index (χ0) is 28.0. The summed E-state index contributed by atoms with van der Waals surface area (Å²) in [6.07, 6.45) is 4.98. The predicted molar refractivity (Wildman–Crippen MR) is 144 cm³/mol. The van der Waals surface area contributed by atoms with Crippen LogP contribution in [0.2, 0.25) is 0 Å². The number of Topliss-reactive ketones (excluding diaryl/α,β-unsaturated/α-hetero) is 1. The number of carboxylic acid groups (broad SMARTS) is 1. The maximum atomic E-state index is 13.8. The van der Waals surface area contributed by atoms with Gasteiger partial charge in [-0.25, -0.2) is 18.2 Å². The Bertz CT molecular complexity index is 1690. The Kier molecular flexibility index (Phi) is 5.67. The number of ketones is 1. The molecule has 0 amide bonds. The van der Waals surface area contributed by atoms with E-state index in [2.05, 4.69) is 0 Å². The molecule has 11 heteroatoms. The number of aliphatic hydroxyl groups is 1. The maximum absolute atomic E-state index is 13.8. The summed E-state index contributed by atoms with van der Waals surface area (Å²) in [6, 6.07) is 9.28. The van der Waals surface area contributed by atoms with Gasteiger partial charge >= 0.3 is 16.2 Å². The molecule has 1 saturated carbocycles. The molecule has 1 aromatic heterocycles. The Balaban J connectivity index is 1.48. The first-order valence-electron chi connectivity index (χ1n) is 12.9. The highest BCUT2D eigenvalue weighted by Crippen LogP contribution is 2.56. The van der Waals surface area contributed by atoms with E-state index in [0.29, 0.717) is 23.5 Å². The van der Waals surface area contributed by atoms with Crippen molar-refractivity contribution >= 4 is 44.1 Å². The van der Waals surface area contributed by atoms with E-state index in [1.807, 2.05) is 66.1 Å². The molecule has 0 radical (unpaired) electrons. The fourth-order valence-corrected chi connectivity index (χ4v) is 8.29. The summed E-state index contributed by atoms with van der Waals surface area (Å²) >= 11 is 0. The largest absolute Gasteiger partial charge is 0.478 e. The predicted octanol–water partition coefficient (Wildman–Crippen LogP) is 1.86. The van der Waals surface area contributed by atoms with Crippen LogP contribution in [0.25, 0.3) is 10.8 Å². The average molecular weight is 552 g/mol. The molecular formula is C28H31N4O6S+. The minimum atomic E-state index is -4.05. The van der Waals surface area contributed by atoms with Crippen LogP contribution in [0.4, 0.5) is 11.4 Å². The highest BCUT2D eigenvalue weighted by Gasteiger charge is 2.61. The molecule has 3 aromatic rings. The van der Waals surface area contributed by atoms with E-state index in [1.54, 1.807) is 6.07 Å². The molecule has 1 aliphatic heterocycles. The number of carboxylic acids is 1. The number of carbonyl (C=O) groups is 2. The molecule has 10 nitrogen and oxygen atoms in total. The van der Waals surface area contributed by atoms with Gasteiger partial charge in [-0.2, -0.15) is 8.42 Å². The molecule has 0 bridgehead atoms. The van der Waals surface area contributed by atoms with Crippen LogP contribution in [0.5, 0.6) is 0 Å². The Morgan fingerprint density at radius 1 is 1.15 bits per heavy atom. The van der Waals surface area contributed by atoms with Crippen LogP contribution < -0.4 is 13.2 Å². The third-order valence-electron chi connectivity index (χ3n) is 8.78. The molecule has 0 saturated heterocycles. The van der Waals surface area contributed by atoms with Gasteiger partial charge in [0.25, 0.3) is 0 Å². The Labute approximate surface area is 226 Å². The number of aryl methyl sites for hydroxylation is 1. The Morgan fingerprint density at radius 3 is 2.54 bits per heavy atom. The van der Waals surface area contributed by atoms with Gasteiger partial charge in [-0.1, -0.05) is 25.1 Å². The summed E-state index contributed by atoms with van der Waals surface area (Å²) in [5, 5.41) is 22.0. The number of benzene rings is 2. The Hall–Kier alpha value is -3.70. The highest BCUT2D eigenvalue weighted by molar-refractivity contribution is 7.94. The molecule has 2 aliphatic carbocycles. The van der Waals surface area contributed by atoms with E-state index in [-0.39, 0.29) is 29.7 Å². The summed E-state index contributed by atoms with van der Waals surface area (Å²) in [6.45, 7) is 3.78. The molecule has 3 aliphatic rings. The summed E-state index contributed by atoms with van der Waals surface area (Å²) < 4.78 is 34.2. The van der Waals surface area contributed by atoms with Crippen molar-refractivity contribution in [2.45, 2.75) is 26.5 Å². The first kappa shape index (κ1) is 25.6. The lowest BCUT2D eigenvalue weighted by molar-refractivity contribution is -0.671. The lowest BCUT2D eigenvalue weighted by atomic mass is 9.59. The standard InChI is InChI=1S/C28H30N4O6S/c1-15-19(25(28(35)36)26-22(15)23(16(2)33)27(26)34)13-32-21-7-5-6-18-17(12-31-11-10-29(3)14-31)8-9-20(24(18)21)30(4)39(32,37)38/h5-11,14-16,22-23,26,33H,12-13H2,1-4H3/p+1/t15-,16+,22+,23+,26?/m0/s1. The highest BCUT2D eigenvalue weighted by atomic mass is 32.2. The van der Waals surface area contributed by atoms with Crippen LogP contribution in [0.1, 0.15) is 19.4 Å². The van der Waals surface area contributed by atoms with Crippen molar-refractivity contribution in [2.75, 3.05) is 22.2 Å². The van der Waals surface area contributed by atoms with Crippen LogP contribution in [-0.4, -0.2) is 54.6 Å². The van der Waals surface area contributed by atoms with Gasteiger partial charge in [-0.3, -0.25) is 9.10 Å². The van der Waals surface area contributed by atoms with Crippen molar-refractivity contribution in [3.63, 3.8) is 0 Å². The van der Waals surface area contributed by atoms with Crippen LogP contribution in [0.15, 0.2) is 60.2 Å². The maximum Gasteiger partial charge on any atom is 0.332 e. The first-order valence-corrected chi connectivity index (χ1v) is 14.3. The second-order valence-corrected chi connectivity index (χ2v) is 12.8. The van der Waals surface area contributed by atoms with Gasteiger partial charge in [0.2, 0.25) is 6.33 Å². The molecule has 6 rings (SSSR count). The fraction of sp³-hybridized carbons (Fsp3) is 0.393. The third-order valence-corrected chi connectivity index (χ3v) is 10.6. The fourth-order valence-electron chi connectivity index (χ4n) is 6.89. The lowest BCUT2D eigenvalue weighted by Crippen LogP contribution is -2.53. The molecule has 5 atom stereocenters. The van der Waals surface area contributed by atoms with E-state index in [0.717, 1.165) is 16.3 Å². The molecule has 1 fully saturated rings. The van der Waals surface area contributed by atoms with Gasteiger partial charge in [0.1, 0.15) is 24.7 Å². The number of fused-ring (bicyclic) bond motifs is 1. The lowest BCUT2D eigenvalue weighted by Gasteiger charge is -2.43. The number of nitrogens with zero attached hydrogens (tertiary/aromatic N) is 4. The summed E-state index contributed by atoms with van der Waals surface area (Å²) in [7, 11) is -0.608. The molecule has 39 heavy (non-hydrogen) atoms. The number of carbonyl (C=O) groups excluding carboxylic acids is 1. The van der Waals surface area contributed by atoms with Crippen LogP contribution in [0.3, 0.4) is 0 Å². The van der Waals surface area contributed by atoms with Gasteiger partial charge in [-0.15, -0.1) is 0 Å². The minimum absolute atomic E-state index is 0.0283. The van der Waals surface area contributed by atoms with Crippen molar-refractivity contribution in [3.05, 3.63) is 65.8 Å². The van der Waals surface area contributed by atoms with E-state index in [9.17, 15) is 28.2 Å². The van der Waals surface area contributed by atoms with Crippen molar-refractivity contribution < 1.29 is 32.8 Å². The van der Waals surface area contributed by atoms with Gasteiger partial charge in [0, 0.05) is 29.5 Å². The topological polar surface area (TPSA) is 124 Å². The summed E-state index contributed by atoms with van der Waals surface area (Å²) in [4.78, 5) is 25.3. The van der Waals surface area contributed by atoms with Crippen molar-refractivity contribution in [1.29, 1.82) is 0 Å². The number of anilines is 2. The number of hydrogen-bond donors (Lipinski definition) is 2. The van der Waals surface area contributed by atoms with Crippen LogP contribution in [-0.2, 0) is 33.4 Å². The van der Waals surface area contributed by atoms with Crippen molar-refractivity contribution in [1.82, 2.24) is 4.57 Å². The number of rotatable bonds is 6. The van der Waals surface area contributed by atoms with Crippen LogP contribution in [0, 0.1) is 23.7 Å². The zero-order valence-electron chi connectivity index (χ0n) is 22.1. The third kappa shape index (κ3) is 3.56. The number of hydrogen-bond acceptors (Lipinski definition) is 5. The molecular weight excluding hydrogens is 520 g/mol. The van der Waals surface area contributed by atoms with Crippen molar-refractivity contribution in [3.8, 4) is 0 Å². The number of aliphatic carboxylic acids is 1. The van der Waals surface area contributed by atoms with E-state index < -0.39 is 34.1 Å². The molecule has 2 N–H and O–H groups in total. The van der Waals surface area contributed by atoms with Crippen LogP contribution >= 0.6 is 0 Å². The minimum Gasteiger partial charge on any atom is -0.478 e. The molecule has 2 heterocycles. The average Bonchev–Trinajstić information content (AvgIpc) is 3.39. The second-order valence-electron chi connectivity index (χ2n) is 10.9. The first-order chi connectivity index (χ1) is 18.4. The number of imidazole rings is 1. The second kappa shape index (κ2) is 8.65. The van der Waals surface area contributed by atoms with Crippen molar-refractivity contribution in [2.24, 2.45) is 30.7 Å². The van der Waals surface area contributed by atoms with Gasteiger partial charge in [-0.05, 0) is 41.9 Å². The number of aliphatic hydroxyl groups excluding tert-OH is 1. The monoisotopic (exact) mass is 551 g/mol. The van der Waals surface area contributed by atoms with Gasteiger partial charge < -0.3 is 10.2 Å². The summed E-state index contributed by atoms with van der Waals surface area (Å²) in [5.74, 6) is -3.72. The molecule has 204 valence electrons. The summed E-state index contributed by atoms with van der Waals surface area (Å²) in [5.41, 5.74) is 2.43.